The molecule has 0 amide bonds. The van der Waals surface area contributed by atoms with Crippen molar-refractivity contribution in [3.05, 3.63) is 0 Å². The van der Waals surface area contributed by atoms with Gasteiger partial charge < -0.3 is 9.84 Å². The SMILES string of the molecule is CCC1CCC(C(O)C(C)CCOC)CC1. The fourth-order valence-electron chi connectivity index (χ4n) is 2.88. The fraction of sp³-hybridized carbons (Fsp3) is 1.00. The molecule has 0 aromatic rings. The van der Waals surface area contributed by atoms with Crippen molar-refractivity contribution in [2.45, 2.75) is 58.5 Å². The predicted molar refractivity (Wildman–Crippen MR) is 67.4 cm³/mol. The fourth-order valence-corrected chi connectivity index (χ4v) is 2.88. The lowest BCUT2D eigenvalue weighted by Gasteiger charge is -2.33. The Labute approximate surface area is 100 Å². The van der Waals surface area contributed by atoms with Gasteiger partial charge in [-0.3, -0.25) is 0 Å². The van der Waals surface area contributed by atoms with Gasteiger partial charge in [-0.05, 0) is 37.0 Å². The summed E-state index contributed by atoms with van der Waals surface area (Å²) >= 11 is 0. The molecule has 2 heteroatoms. The Morgan fingerprint density at radius 1 is 1.25 bits per heavy atom. The van der Waals surface area contributed by atoms with Crippen LogP contribution in [0.5, 0.6) is 0 Å². The van der Waals surface area contributed by atoms with Crippen molar-refractivity contribution >= 4 is 0 Å². The third-order valence-electron chi connectivity index (χ3n) is 4.31. The van der Waals surface area contributed by atoms with E-state index >= 15 is 0 Å². The van der Waals surface area contributed by atoms with E-state index in [-0.39, 0.29) is 6.10 Å². The highest BCUT2D eigenvalue weighted by molar-refractivity contribution is 4.79. The van der Waals surface area contributed by atoms with Crippen molar-refractivity contribution in [2.75, 3.05) is 13.7 Å². The molecule has 1 aliphatic carbocycles. The lowest BCUT2D eigenvalue weighted by molar-refractivity contribution is 0.0200. The van der Waals surface area contributed by atoms with E-state index in [1.54, 1.807) is 7.11 Å². The number of rotatable bonds is 6. The van der Waals surface area contributed by atoms with Crippen LogP contribution in [-0.4, -0.2) is 24.9 Å². The first-order valence-electron chi connectivity index (χ1n) is 6.86. The van der Waals surface area contributed by atoms with Crippen LogP contribution in [0.15, 0.2) is 0 Å². The molecular weight excluding hydrogens is 200 g/mol. The van der Waals surface area contributed by atoms with Gasteiger partial charge in [0.15, 0.2) is 0 Å². The zero-order valence-corrected chi connectivity index (χ0v) is 11.1. The molecule has 1 saturated carbocycles. The van der Waals surface area contributed by atoms with Gasteiger partial charge in [-0.1, -0.05) is 33.1 Å². The van der Waals surface area contributed by atoms with E-state index in [1.165, 1.54) is 32.1 Å². The van der Waals surface area contributed by atoms with Crippen molar-refractivity contribution in [1.82, 2.24) is 0 Å². The summed E-state index contributed by atoms with van der Waals surface area (Å²) in [5.74, 6) is 1.83. The van der Waals surface area contributed by atoms with Crippen LogP contribution < -0.4 is 0 Å². The molecule has 16 heavy (non-hydrogen) atoms. The monoisotopic (exact) mass is 228 g/mol. The molecule has 0 spiro atoms. The van der Waals surface area contributed by atoms with Gasteiger partial charge in [0, 0.05) is 13.7 Å². The molecule has 2 unspecified atom stereocenters. The third-order valence-corrected chi connectivity index (χ3v) is 4.31. The second-order valence-corrected chi connectivity index (χ2v) is 5.44. The van der Waals surface area contributed by atoms with Crippen molar-refractivity contribution < 1.29 is 9.84 Å². The number of methoxy groups -OCH3 is 1. The van der Waals surface area contributed by atoms with Gasteiger partial charge in [-0.2, -0.15) is 0 Å². The van der Waals surface area contributed by atoms with Gasteiger partial charge >= 0.3 is 0 Å². The molecule has 0 aliphatic heterocycles. The maximum absolute atomic E-state index is 10.3. The molecule has 0 saturated heterocycles. The van der Waals surface area contributed by atoms with E-state index in [2.05, 4.69) is 13.8 Å². The first-order valence-corrected chi connectivity index (χ1v) is 6.86. The van der Waals surface area contributed by atoms with Crippen molar-refractivity contribution in [3.8, 4) is 0 Å². The van der Waals surface area contributed by atoms with Crippen molar-refractivity contribution in [1.29, 1.82) is 0 Å². The standard InChI is InChI=1S/C14H28O2/c1-4-12-5-7-13(8-6-12)14(15)11(2)9-10-16-3/h11-15H,4-10H2,1-3H3. The minimum atomic E-state index is -0.118. The average Bonchev–Trinajstić information content (AvgIpc) is 2.35. The quantitative estimate of drug-likeness (QED) is 0.756. The van der Waals surface area contributed by atoms with Gasteiger partial charge in [0.05, 0.1) is 6.10 Å². The van der Waals surface area contributed by atoms with Crippen LogP contribution in [0.2, 0.25) is 0 Å². The zero-order valence-electron chi connectivity index (χ0n) is 11.1. The molecule has 0 bridgehead atoms. The predicted octanol–water partition coefficient (Wildman–Crippen LogP) is 3.24. The highest BCUT2D eigenvalue weighted by atomic mass is 16.5. The Kier molecular flexibility index (Phi) is 6.37. The summed E-state index contributed by atoms with van der Waals surface area (Å²) in [6.45, 7) is 5.20. The minimum Gasteiger partial charge on any atom is -0.393 e. The van der Waals surface area contributed by atoms with Crippen LogP contribution in [0.1, 0.15) is 52.4 Å². The summed E-state index contributed by atoms with van der Waals surface area (Å²) in [7, 11) is 1.73. The average molecular weight is 228 g/mol. The first kappa shape index (κ1) is 14.0. The van der Waals surface area contributed by atoms with Gasteiger partial charge in [-0.25, -0.2) is 0 Å². The van der Waals surface area contributed by atoms with Crippen LogP contribution in [0.25, 0.3) is 0 Å². The molecule has 0 aromatic heterocycles. The van der Waals surface area contributed by atoms with E-state index in [0.717, 1.165) is 18.9 Å². The largest absolute Gasteiger partial charge is 0.393 e. The summed E-state index contributed by atoms with van der Waals surface area (Å²) in [5, 5.41) is 10.3. The van der Waals surface area contributed by atoms with Crippen LogP contribution >= 0.6 is 0 Å². The van der Waals surface area contributed by atoms with E-state index in [4.69, 9.17) is 4.74 Å². The van der Waals surface area contributed by atoms with E-state index in [1.807, 2.05) is 0 Å². The maximum Gasteiger partial charge on any atom is 0.0594 e. The topological polar surface area (TPSA) is 29.5 Å². The van der Waals surface area contributed by atoms with Crippen LogP contribution in [0.3, 0.4) is 0 Å². The Morgan fingerprint density at radius 3 is 2.38 bits per heavy atom. The summed E-state index contributed by atoms with van der Waals surface area (Å²) in [5.41, 5.74) is 0. The van der Waals surface area contributed by atoms with E-state index in [0.29, 0.717) is 11.8 Å². The molecule has 0 aromatic carbocycles. The van der Waals surface area contributed by atoms with E-state index in [9.17, 15) is 5.11 Å². The van der Waals surface area contributed by atoms with Crippen LogP contribution in [-0.2, 0) is 4.74 Å². The summed E-state index contributed by atoms with van der Waals surface area (Å²) < 4.78 is 5.07. The third kappa shape index (κ3) is 4.06. The summed E-state index contributed by atoms with van der Waals surface area (Å²) in [6, 6.07) is 0. The summed E-state index contributed by atoms with van der Waals surface area (Å²) in [4.78, 5) is 0. The zero-order chi connectivity index (χ0) is 12.0. The lowest BCUT2D eigenvalue weighted by Crippen LogP contribution is -2.31. The second-order valence-electron chi connectivity index (χ2n) is 5.44. The number of ether oxygens (including phenoxy) is 1. The minimum absolute atomic E-state index is 0.118. The first-order chi connectivity index (χ1) is 7.69. The van der Waals surface area contributed by atoms with Gasteiger partial charge in [0.1, 0.15) is 0 Å². The van der Waals surface area contributed by atoms with Gasteiger partial charge in [0.25, 0.3) is 0 Å². The van der Waals surface area contributed by atoms with Crippen molar-refractivity contribution in [3.63, 3.8) is 0 Å². The Hall–Kier alpha value is -0.0800. The molecule has 2 atom stereocenters. The van der Waals surface area contributed by atoms with E-state index < -0.39 is 0 Å². The lowest BCUT2D eigenvalue weighted by atomic mass is 9.75. The number of hydrogen-bond donors (Lipinski definition) is 1. The second kappa shape index (κ2) is 7.29. The number of hydrogen-bond acceptors (Lipinski definition) is 2. The number of aliphatic hydroxyl groups excluding tert-OH is 1. The maximum atomic E-state index is 10.3. The summed E-state index contributed by atoms with van der Waals surface area (Å²) in [6.07, 6.45) is 7.24. The molecule has 2 nitrogen and oxygen atoms in total. The Bertz CT molecular complexity index is 174. The molecule has 1 rings (SSSR count). The molecule has 96 valence electrons. The molecule has 0 heterocycles. The normalized spacial score (nSPS) is 30.0. The van der Waals surface area contributed by atoms with Gasteiger partial charge in [0.2, 0.25) is 0 Å². The van der Waals surface area contributed by atoms with Crippen molar-refractivity contribution in [2.24, 2.45) is 17.8 Å². The molecule has 1 aliphatic rings. The molecule has 1 N–H and O–H groups in total. The smallest absolute Gasteiger partial charge is 0.0594 e. The molecular formula is C14H28O2. The highest BCUT2D eigenvalue weighted by Gasteiger charge is 2.28. The Balaban J connectivity index is 2.29. The highest BCUT2D eigenvalue weighted by Crippen LogP contribution is 2.34. The van der Waals surface area contributed by atoms with Gasteiger partial charge in [-0.15, -0.1) is 0 Å². The van der Waals surface area contributed by atoms with Crippen LogP contribution in [0.4, 0.5) is 0 Å². The number of aliphatic hydroxyl groups is 1. The molecule has 1 fully saturated rings. The van der Waals surface area contributed by atoms with Crippen LogP contribution in [0, 0.1) is 17.8 Å². The molecule has 0 radical (unpaired) electrons. The Morgan fingerprint density at radius 2 is 1.88 bits per heavy atom.